The second-order valence-corrected chi connectivity index (χ2v) is 4.55. The van der Waals surface area contributed by atoms with Crippen LogP contribution in [0.1, 0.15) is 25.1 Å². The Morgan fingerprint density at radius 3 is 2.74 bits per heavy atom. The summed E-state index contributed by atoms with van der Waals surface area (Å²) >= 11 is 0. The van der Waals surface area contributed by atoms with Crippen LogP contribution in [0.2, 0.25) is 0 Å². The van der Waals surface area contributed by atoms with Crippen molar-refractivity contribution in [3.8, 4) is 5.88 Å². The van der Waals surface area contributed by atoms with Crippen LogP contribution in [0.25, 0.3) is 0 Å². The second-order valence-electron chi connectivity index (χ2n) is 4.55. The van der Waals surface area contributed by atoms with Gasteiger partial charge in [-0.25, -0.2) is 4.98 Å². The number of ether oxygens (including phenoxy) is 1. The lowest BCUT2D eigenvalue weighted by molar-refractivity contribution is 0.232. The minimum atomic E-state index is 0.101. The first-order valence-electron chi connectivity index (χ1n) is 6.28. The van der Waals surface area contributed by atoms with Crippen LogP contribution in [0, 0.1) is 6.92 Å². The summed E-state index contributed by atoms with van der Waals surface area (Å²) in [7, 11) is 0. The van der Waals surface area contributed by atoms with Gasteiger partial charge in [0.2, 0.25) is 11.8 Å². The first-order valence-corrected chi connectivity index (χ1v) is 6.28. The third-order valence-electron chi connectivity index (χ3n) is 2.41. The van der Waals surface area contributed by atoms with Gasteiger partial charge in [0.15, 0.2) is 0 Å². The molecular weight excluding hydrogens is 240 g/mol. The van der Waals surface area contributed by atoms with Crippen LogP contribution >= 0.6 is 0 Å². The van der Waals surface area contributed by atoms with E-state index in [0.29, 0.717) is 18.4 Å². The normalized spacial score (nSPS) is 10.5. The molecule has 19 heavy (non-hydrogen) atoms. The average molecular weight is 258 g/mol. The number of pyridine rings is 1. The van der Waals surface area contributed by atoms with E-state index in [-0.39, 0.29) is 6.10 Å². The summed E-state index contributed by atoms with van der Waals surface area (Å²) in [6.45, 7) is 6.53. The lowest BCUT2D eigenvalue weighted by Crippen LogP contribution is -2.09. The quantitative estimate of drug-likeness (QED) is 0.893. The van der Waals surface area contributed by atoms with Gasteiger partial charge in [0.1, 0.15) is 0 Å². The van der Waals surface area contributed by atoms with Crippen LogP contribution < -0.4 is 10.1 Å². The van der Waals surface area contributed by atoms with Gasteiger partial charge in [0.25, 0.3) is 0 Å². The van der Waals surface area contributed by atoms with E-state index < -0.39 is 0 Å². The minimum absolute atomic E-state index is 0.101. The molecule has 0 unspecified atom stereocenters. The summed E-state index contributed by atoms with van der Waals surface area (Å²) in [5.41, 5.74) is 2.09. The maximum absolute atomic E-state index is 5.52. The molecule has 0 amide bonds. The number of hydrogen-bond acceptors (Lipinski definition) is 5. The Hall–Kier alpha value is -2.17. The third kappa shape index (κ3) is 4.21. The summed E-state index contributed by atoms with van der Waals surface area (Å²) in [6.07, 6.45) is 3.63. The number of anilines is 1. The number of nitrogens with one attached hydrogen (secondary N) is 1. The molecule has 0 spiro atoms. The van der Waals surface area contributed by atoms with E-state index in [1.54, 1.807) is 12.3 Å². The van der Waals surface area contributed by atoms with Crippen molar-refractivity contribution in [1.82, 2.24) is 15.0 Å². The zero-order valence-electron chi connectivity index (χ0n) is 11.4. The molecule has 0 atom stereocenters. The Morgan fingerprint density at radius 2 is 2.05 bits per heavy atom. The van der Waals surface area contributed by atoms with Crippen LogP contribution in [0.5, 0.6) is 5.88 Å². The summed E-state index contributed by atoms with van der Waals surface area (Å²) in [5, 5.41) is 3.15. The summed E-state index contributed by atoms with van der Waals surface area (Å²) < 4.78 is 5.52. The van der Waals surface area contributed by atoms with Gasteiger partial charge in [-0.05, 0) is 32.4 Å². The molecule has 0 bridgehead atoms. The van der Waals surface area contributed by atoms with Crippen LogP contribution in [-0.4, -0.2) is 21.1 Å². The van der Waals surface area contributed by atoms with Gasteiger partial charge in [-0.1, -0.05) is 6.07 Å². The molecule has 5 nitrogen and oxygen atoms in total. The van der Waals surface area contributed by atoms with E-state index in [9.17, 15) is 0 Å². The first kappa shape index (κ1) is 13.3. The summed E-state index contributed by atoms with van der Waals surface area (Å²) in [4.78, 5) is 12.7. The van der Waals surface area contributed by atoms with Crippen LogP contribution in [0.3, 0.4) is 0 Å². The number of nitrogens with zero attached hydrogens (tertiary/aromatic N) is 3. The van der Waals surface area contributed by atoms with Crippen molar-refractivity contribution in [2.45, 2.75) is 33.4 Å². The van der Waals surface area contributed by atoms with E-state index >= 15 is 0 Å². The highest BCUT2D eigenvalue weighted by molar-refractivity contribution is 5.29. The molecule has 0 aromatic carbocycles. The highest BCUT2D eigenvalue weighted by Crippen LogP contribution is 2.11. The molecular formula is C14H18N4O. The lowest BCUT2D eigenvalue weighted by atomic mass is 10.2. The Morgan fingerprint density at radius 1 is 1.21 bits per heavy atom. The minimum Gasteiger partial charge on any atom is -0.475 e. The molecule has 0 fully saturated rings. The molecule has 0 aliphatic carbocycles. The van der Waals surface area contributed by atoms with Crippen molar-refractivity contribution in [2.24, 2.45) is 0 Å². The number of rotatable bonds is 5. The smallest absolute Gasteiger partial charge is 0.226 e. The van der Waals surface area contributed by atoms with Gasteiger partial charge in [0.05, 0.1) is 6.10 Å². The fourth-order valence-electron chi connectivity index (χ4n) is 1.52. The number of hydrogen-bond donors (Lipinski definition) is 1. The monoisotopic (exact) mass is 258 g/mol. The van der Waals surface area contributed by atoms with Crippen molar-refractivity contribution in [3.63, 3.8) is 0 Å². The zero-order valence-corrected chi connectivity index (χ0v) is 11.4. The maximum Gasteiger partial charge on any atom is 0.226 e. The summed E-state index contributed by atoms with van der Waals surface area (Å²) in [6, 6.07) is 5.76. The van der Waals surface area contributed by atoms with E-state index in [0.717, 1.165) is 11.3 Å². The van der Waals surface area contributed by atoms with Crippen molar-refractivity contribution in [1.29, 1.82) is 0 Å². The van der Waals surface area contributed by atoms with E-state index in [2.05, 4.69) is 20.3 Å². The van der Waals surface area contributed by atoms with Crippen LogP contribution in [0.15, 0.2) is 30.6 Å². The van der Waals surface area contributed by atoms with Gasteiger partial charge in [-0.2, -0.15) is 4.98 Å². The molecule has 0 aliphatic heterocycles. The molecule has 0 saturated heterocycles. The molecule has 1 N–H and O–H groups in total. The fraction of sp³-hybridized carbons (Fsp3) is 0.357. The third-order valence-corrected chi connectivity index (χ3v) is 2.41. The predicted molar refractivity (Wildman–Crippen MR) is 74.1 cm³/mol. The Kier molecular flexibility index (Phi) is 4.28. The number of aryl methyl sites for hydroxylation is 1. The highest BCUT2D eigenvalue weighted by Gasteiger charge is 2.02. The average Bonchev–Trinajstić information content (AvgIpc) is 2.38. The Bertz CT molecular complexity index is 525. The molecule has 2 rings (SSSR count). The first-order chi connectivity index (χ1) is 9.13. The van der Waals surface area contributed by atoms with E-state index in [1.807, 2.05) is 39.1 Å². The van der Waals surface area contributed by atoms with Crippen LogP contribution in [0.4, 0.5) is 5.95 Å². The molecule has 2 aromatic rings. The van der Waals surface area contributed by atoms with Crippen molar-refractivity contribution in [3.05, 3.63) is 41.9 Å². The topological polar surface area (TPSA) is 59.9 Å². The maximum atomic E-state index is 5.52. The summed E-state index contributed by atoms with van der Waals surface area (Å²) in [5.74, 6) is 1.13. The molecule has 0 saturated carbocycles. The Balaban J connectivity index is 1.97. The predicted octanol–water partition coefficient (Wildman–Crippen LogP) is 2.58. The van der Waals surface area contributed by atoms with Crippen molar-refractivity contribution in [2.75, 3.05) is 5.32 Å². The standard InChI is InChI=1S/C14H18N4O/c1-10(2)19-13-6-7-15-14(18-13)17-9-12-5-4-11(3)16-8-12/h4-8,10H,9H2,1-3H3,(H,15,17,18). The lowest BCUT2D eigenvalue weighted by Gasteiger charge is -2.10. The molecule has 5 heteroatoms. The van der Waals surface area contributed by atoms with E-state index in [4.69, 9.17) is 4.74 Å². The van der Waals surface area contributed by atoms with Gasteiger partial charge in [0, 0.05) is 30.7 Å². The van der Waals surface area contributed by atoms with Gasteiger partial charge >= 0.3 is 0 Å². The molecule has 0 aliphatic rings. The van der Waals surface area contributed by atoms with Gasteiger partial charge < -0.3 is 10.1 Å². The molecule has 2 heterocycles. The molecule has 100 valence electrons. The number of aromatic nitrogens is 3. The largest absolute Gasteiger partial charge is 0.475 e. The van der Waals surface area contributed by atoms with Crippen LogP contribution in [-0.2, 0) is 6.54 Å². The van der Waals surface area contributed by atoms with Gasteiger partial charge in [-0.3, -0.25) is 4.98 Å². The molecule has 2 aromatic heterocycles. The SMILES string of the molecule is Cc1ccc(CNc2nccc(OC(C)C)n2)cn1. The van der Waals surface area contributed by atoms with Gasteiger partial charge in [-0.15, -0.1) is 0 Å². The zero-order chi connectivity index (χ0) is 13.7. The highest BCUT2D eigenvalue weighted by atomic mass is 16.5. The second kappa shape index (κ2) is 6.13. The van der Waals surface area contributed by atoms with Crippen molar-refractivity contribution < 1.29 is 4.74 Å². The van der Waals surface area contributed by atoms with Crippen molar-refractivity contribution >= 4 is 5.95 Å². The van der Waals surface area contributed by atoms with E-state index in [1.165, 1.54) is 0 Å². The Labute approximate surface area is 113 Å². The fourth-order valence-corrected chi connectivity index (χ4v) is 1.52. The molecule has 0 radical (unpaired) electrons.